The lowest BCUT2D eigenvalue weighted by Crippen LogP contribution is -2.50. The molecule has 2 aromatic carbocycles. The average Bonchev–Trinajstić information content (AvgIpc) is 3.20. The number of aryl methyl sites for hydroxylation is 1. The van der Waals surface area contributed by atoms with Gasteiger partial charge in [-0.15, -0.1) is 0 Å². The number of rotatable bonds is 5. The molecule has 0 saturated carbocycles. The molecular formula is C24H28N2O4. The Hall–Kier alpha value is -3.02. The van der Waals surface area contributed by atoms with E-state index in [0.29, 0.717) is 55.6 Å². The molecule has 0 bridgehead atoms. The minimum absolute atomic E-state index is 0.0948. The lowest BCUT2D eigenvalue weighted by Gasteiger charge is -2.35. The van der Waals surface area contributed by atoms with Crippen LogP contribution in [-0.4, -0.2) is 62.0 Å². The Morgan fingerprint density at radius 1 is 0.933 bits per heavy atom. The van der Waals surface area contributed by atoms with Crippen molar-refractivity contribution in [2.45, 2.75) is 25.2 Å². The van der Waals surface area contributed by atoms with Crippen LogP contribution < -0.4 is 9.47 Å². The standard InChI is InChI=1S/C24H28N2O4/c1-29-21-9-5-8-20(23(21)30-2)24(28)26-14-12-25(13-15-26)22(27)16-18-11-10-17-6-3-4-7-19(17)18/h3-9,18H,10-16H2,1-2H3. The lowest BCUT2D eigenvalue weighted by atomic mass is 9.97. The summed E-state index contributed by atoms with van der Waals surface area (Å²) in [5.41, 5.74) is 3.18. The Labute approximate surface area is 177 Å². The van der Waals surface area contributed by atoms with Crippen LogP contribution >= 0.6 is 0 Å². The van der Waals surface area contributed by atoms with Crippen molar-refractivity contribution < 1.29 is 19.1 Å². The van der Waals surface area contributed by atoms with Crippen LogP contribution in [0.3, 0.4) is 0 Å². The fourth-order valence-corrected chi connectivity index (χ4v) is 4.58. The molecule has 0 radical (unpaired) electrons. The van der Waals surface area contributed by atoms with Crippen LogP contribution in [0.25, 0.3) is 0 Å². The molecule has 1 aliphatic heterocycles. The quantitative estimate of drug-likeness (QED) is 0.763. The molecule has 2 aliphatic rings. The second kappa shape index (κ2) is 8.78. The molecule has 1 aliphatic carbocycles. The lowest BCUT2D eigenvalue weighted by molar-refractivity contribution is -0.133. The van der Waals surface area contributed by atoms with Gasteiger partial charge in [0, 0.05) is 32.6 Å². The maximum atomic E-state index is 13.0. The number of fused-ring (bicyclic) bond motifs is 1. The monoisotopic (exact) mass is 408 g/mol. The number of carbonyl (C=O) groups is 2. The van der Waals surface area contributed by atoms with Gasteiger partial charge >= 0.3 is 0 Å². The third kappa shape index (κ3) is 3.86. The fourth-order valence-electron chi connectivity index (χ4n) is 4.58. The van der Waals surface area contributed by atoms with Crippen LogP contribution in [-0.2, 0) is 11.2 Å². The van der Waals surface area contributed by atoms with Crippen molar-refractivity contribution in [2.75, 3.05) is 40.4 Å². The summed E-state index contributed by atoms with van der Waals surface area (Å²) in [5, 5.41) is 0. The fraction of sp³-hybridized carbons (Fsp3) is 0.417. The molecule has 0 aromatic heterocycles. The molecule has 30 heavy (non-hydrogen) atoms. The Morgan fingerprint density at radius 2 is 1.67 bits per heavy atom. The van der Waals surface area contributed by atoms with E-state index in [2.05, 4.69) is 24.3 Å². The number of carbonyl (C=O) groups excluding carboxylic acids is 2. The minimum Gasteiger partial charge on any atom is -0.493 e. The molecule has 1 saturated heterocycles. The van der Waals surface area contributed by atoms with Gasteiger partial charge in [-0.3, -0.25) is 9.59 Å². The Balaban J connectivity index is 1.36. The van der Waals surface area contributed by atoms with Crippen molar-refractivity contribution in [3.63, 3.8) is 0 Å². The number of nitrogens with zero attached hydrogens (tertiary/aromatic N) is 2. The summed E-state index contributed by atoms with van der Waals surface area (Å²) >= 11 is 0. The van der Waals surface area contributed by atoms with E-state index in [1.54, 1.807) is 30.2 Å². The van der Waals surface area contributed by atoms with Gasteiger partial charge in [-0.05, 0) is 42.0 Å². The van der Waals surface area contributed by atoms with Crippen molar-refractivity contribution in [2.24, 2.45) is 0 Å². The van der Waals surface area contributed by atoms with Crippen molar-refractivity contribution in [3.05, 3.63) is 59.2 Å². The Bertz CT molecular complexity index is 935. The third-order valence-electron chi connectivity index (χ3n) is 6.23. The highest BCUT2D eigenvalue weighted by Gasteiger charge is 2.30. The molecule has 1 heterocycles. The molecular weight excluding hydrogens is 380 g/mol. The first-order chi connectivity index (χ1) is 14.6. The van der Waals surface area contributed by atoms with E-state index in [4.69, 9.17) is 9.47 Å². The molecule has 6 heteroatoms. The van der Waals surface area contributed by atoms with Gasteiger partial charge in [0.15, 0.2) is 11.5 Å². The van der Waals surface area contributed by atoms with Crippen molar-refractivity contribution in [1.82, 2.24) is 9.80 Å². The maximum Gasteiger partial charge on any atom is 0.257 e. The van der Waals surface area contributed by atoms with Gasteiger partial charge in [0.1, 0.15) is 0 Å². The molecule has 4 rings (SSSR count). The summed E-state index contributed by atoms with van der Waals surface area (Å²) in [4.78, 5) is 29.6. The van der Waals surface area contributed by atoms with Gasteiger partial charge in [0.25, 0.3) is 5.91 Å². The van der Waals surface area contributed by atoms with E-state index in [1.807, 2.05) is 4.90 Å². The van der Waals surface area contributed by atoms with Crippen LogP contribution in [0.15, 0.2) is 42.5 Å². The van der Waals surface area contributed by atoms with Gasteiger partial charge in [-0.1, -0.05) is 30.3 Å². The molecule has 1 fully saturated rings. The van der Waals surface area contributed by atoms with E-state index in [9.17, 15) is 9.59 Å². The third-order valence-corrected chi connectivity index (χ3v) is 6.23. The topological polar surface area (TPSA) is 59.1 Å². The van der Waals surface area contributed by atoms with E-state index < -0.39 is 0 Å². The summed E-state index contributed by atoms with van der Waals surface area (Å²) in [5.74, 6) is 1.39. The predicted molar refractivity (Wildman–Crippen MR) is 114 cm³/mol. The molecule has 158 valence electrons. The van der Waals surface area contributed by atoms with Gasteiger partial charge in [-0.2, -0.15) is 0 Å². The summed E-state index contributed by atoms with van der Waals surface area (Å²) in [7, 11) is 3.09. The number of piperazine rings is 1. The molecule has 1 atom stereocenters. The zero-order chi connectivity index (χ0) is 21.1. The van der Waals surface area contributed by atoms with Gasteiger partial charge in [0.05, 0.1) is 19.8 Å². The Morgan fingerprint density at radius 3 is 2.40 bits per heavy atom. The number of methoxy groups -OCH3 is 2. The van der Waals surface area contributed by atoms with Crippen LogP contribution in [0.1, 0.15) is 40.2 Å². The summed E-state index contributed by atoms with van der Waals surface area (Å²) in [6.45, 7) is 2.16. The van der Waals surface area contributed by atoms with Gasteiger partial charge in [-0.25, -0.2) is 0 Å². The van der Waals surface area contributed by atoms with E-state index >= 15 is 0 Å². The average molecular weight is 408 g/mol. The first-order valence-corrected chi connectivity index (χ1v) is 10.5. The van der Waals surface area contributed by atoms with Crippen LogP contribution in [0.4, 0.5) is 0 Å². The number of para-hydroxylation sites is 1. The van der Waals surface area contributed by atoms with E-state index in [0.717, 1.165) is 12.8 Å². The highest BCUT2D eigenvalue weighted by molar-refractivity contribution is 5.98. The van der Waals surface area contributed by atoms with Crippen LogP contribution in [0.5, 0.6) is 11.5 Å². The zero-order valence-corrected chi connectivity index (χ0v) is 17.6. The smallest absolute Gasteiger partial charge is 0.257 e. The summed E-state index contributed by atoms with van der Waals surface area (Å²) < 4.78 is 10.7. The zero-order valence-electron chi connectivity index (χ0n) is 17.6. The highest BCUT2D eigenvalue weighted by Crippen LogP contribution is 2.36. The molecule has 0 N–H and O–H groups in total. The minimum atomic E-state index is -0.0948. The SMILES string of the molecule is COc1cccc(C(=O)N2CCN(C(=O)CC3CCc4ccccc43)CC2)c1OC. The Kier molecular flexibility index (Phi) is 5.93. The second-order valence-corrected chi connectivity index (χ2v) is 7.85. The number of amides is 2. The predicted octanol–water partition coefficient (Wildman–Crippen LogP) is 3.11. The second-order valence-electron chi connectivity index (χ2n) is 7.85. The van der Waals surface area contributed by atoms with E-state index in [1.165, 1.54) is 18.2 Å². The van der Waals surface area contributed by atoms with Crippen molar-refractivity contribution in [1.29, 1.82) is 0 Å². The van der Waals surface area contributed by atoms with Crippen molar-refractivity contribution in [3.8, 4) is 11.5 Å². The first-order valence-electron chi connectivity index (χ1n) is 10.5. The van der Waals surface area contributed by atoms with Crippen LogP contribution in [0, 0.1) is 0 Å². The first kappa shape index (κ1) is 20.3. The molecule has 6 nitrogen and oxygen atoms in total. The largest absolute Gasteiger partial charge is 0.493 e. The number of hydrogen-bond acceptors (Lipinski definition) is 4. The number of ether oxygens (including phenoxy) is 2. The van der Waals surface area contributed by atoms with Crippen molar-refractivity contribution >= 4 is 11.8 Å². The molecule has 1 unspecified atom stereocenters. The molecule has 2 amide bonds. The number of hydrogen-bond donors (Lipinski definition) is 0. The highest BCUT2D eigenvalue weighted by atomic mass is 16.5. The molecule has 0 spiro atoms. The van der Waals surface area contributed by atoms with Gasteiger partial charge in [0.2, 0.25) is 5.91 Å². The molecule has 2 aromatic rings. The van der Waals surface area contributed by atoms with E-state index in [-0.39, 0.29) is 11.8 Å². The van der Waals surface area contributed by atoms with Gasteiger partial charge < -0.3 is 19.3 Å². The number of benzene rings is 2. The summed E-state index contributed by atoms with van der Waals surface area (Å²) in [6.07, 6.45) is 2.65. The summed E-state index contributed by atoms with van der Waals surface area (Å²) in [6, 6.07) is 13.7. The van der Waals surface area contributed by atoms with Crippen LogP contribution in [0.2, 0.25) is 0 Å². The maximum absolute atomic E-state index is 13.0. The normalized spacial score (nSPS) is 18.1.